The predicted molar refractivity (Wildman–Crippen MR) is 79.1 cm³/mol. The maximum absolute atomic E-state index is 9.56. The Balaban J connectivity index is 3.17. The van der Waals surface area contributed by atoms with Crippen molar-refractivity contribution < 1.29 is 20.1 Å². The lowest BCUT2D eigenvalue weighted by Crippen LogP contribution is -2.16. The number of hydrogen-bond donors (Lipinski definition) is 5. The van der Waals surface area contributed by atoms with Gasteiger partial charge in [-0.1, -0.05) is 6.42 Å². The van der Waals surface area contributed by atoms with Gasteiger partial charge in [0.05, 0.1) is 23.6 Å². The van der Waals surface area contributed by atoms with Gasteiger partial charge in [0.1, 0.15) is 0 Å². The minimum Gasteiger partial charge on any atom is -0.391 e. The van der Waals surface area contributed by atoms with Crippen LogP contribution in [0.2, 0.25) is 0 Å². The third-order valence-corrected chi connectivity index (χ3v) is 3.08. The fraction of sp³-hybridized carbons (Fsp3) is 1.00. The number of unbranched alkanes of at least 4 members (excludes halogenated alkanes) is 2. The van der Waals surface area contributed by atoms with Gasteiger partial charge >= 0.3 is 0 Å². The van der Waals surface area contributed by atoms with E-state index in [1.807, 2.05) is 0 Å². The monoisotopic (exact) mass is 298 g/mol. The van der Waals surface area contributed by atoms with Gasteiger partial charge in [-0.05, 0) is 38.5 Å². The number of rotatable bonds is 12. The van der Waals surface area contributed by atoms with E-state index in [1.165, 1.54) is 0 Å². The molecule has 0 aliphatic rings. The van der Waals surface area contributed by atoms with Crippen molar-refractivity contribution in [2.45, 2.75) is 61.9 Å². The zero-order chi connectivity index (χ0) is 13.8. The summed E-state index contributed by atoms with van der Waals surface area (Å²) in [4.78, 5) is 0. The Morgan fingerprint density at radius 3 is 2.00 bits per heavy atom. The number of ether oxygens (including phenoxy) is 1. The smallest absolute Gasteiger partial charge is 0.0964 e. The van der Waals surface area contributed by atoms with Gasteiger partial charge in [-0.2, -0.15) is 0 Å². The van der Waals surface area contributed by atoms with Gasteiger partial charge in [0, 0.05) is 6.61 Å². The summed E-state index contributed by atoms with van der Waals surface area (Å²) in [6.07, 6.45) is 5.08. The molecule has 4 nitrogen and oxygen atoms in total. The Labute approximate surface area is 121 Å². The molecule has 0 spiro atoms. The highest BCUT2D eigenvalue weighted by molar-refractivity contribution is 7.80. The summed E-state index contributed by atoms with van der Waals surface area (Å²) >= 11 is 7.74. The summed E-state index contributed by atoms with van der Waals surface area (Å²) < 4.78 is 5.35. The van der Waals surface area contributed by atoms with Crippen molar-refractivity contribution in [2.24, 2.45) is 0 Å². The molecule has 18 heavy (non-hydrogen) atoms. The van der Waals surface area contributed by atoms with E-state index < -0.39 is 17.0 Å². The van der Waals surface area contributed by atoms with Crippen molar-refractivity contribution in [3.05, 3.63) is 0 Å². The first-order valence-corrected chi connectivity index (χ1v) is 7.53. The van der Waals surface area contributed by atoms with Gasteiger partial charge in [-0.25, -0.2) is 0 Å². The molecule has 0 aromatic heterocycles. The fourth-order valence-corrected chi connectivity index (χ4v) is 1.91. The highest BCUT2D eigenvalue weighted by Crippen LogP contribution is 2.08. The summed E-state index contributed by atoms with van der Waals surface area (Å²) in [7, 11) is 0. The predicted octanol–water partition coefficient (Wildman–Crippen LogP) is 1.59. The van der Waals surface area contributed by atoms with Crippen molar-refractivity contribution >= 4 is 25.3 Å². The molecular weight excluding hydrogens is 272 g/mol. The molecule has 0 aromatic carbocycles. The molecule has 0 saturated heterocycles. The highest BCUT2D eigenvalue weighted by atomic mass is 32.1. The lowest BCUT2D eigenvalue weighted by atomic mass is 10.1. The molecule has 110 valence electrons. The van der Waals surface area contributed by atoms with E-state index in [2.05, 4.69) is 25.3 Å². The molecule has 3 atom stereocenters. The molecule has 0 aliphatic heterocycles. The second kappa shape index (κ2) is 12.6. The quantitative estimate of drug-likeness (QED) is 0.216. The molecule has 0 rings (SSSR count). The summed E-state index contributed by atoms with van der Waals surface area (Å²) in [5.74, 6) is 0. The highest BCUT2D eigenvalue weighted by Gasteiger charge is 2.05. The molecule has 0 radical (unpaired) electrons. The van der Waals surface area contributed by atoms with Gasteiger partial charge < -0.3 is 20.1 Å². The fourth-order valence-electron chi connectivity index (χ4n) is 1.55. The van der Waals surface area contributed by atoms with Crippen LogP contribution in [0.4, 0.5) is 0 Å². The number of aliphatic hydroxyl groups is 3. The van der Waals surface area contributed by atoms with E-state index in [-0.39, 0.29) is 0 Å². The van der Waals surface area contributed by atoms with E-state index in [0.29, 0.717) is 32.5 Å². The van der Waals surface area contributed by atoms with Crippen LogP contribution >= 0.6 is 25.3 Å². The minimum atomic E-state index is -0.597. The van der Waals surface area contributed by atoms with E-state index >= 15 is 0 Å². The van der Waals surface area contributed by atoms with Gasteiger partial charge in [0.2, 0.25) is 0 Å². The van der Waals surface area contributed by atoms with Crippen molar-refractivity contribution in [3.8, 4) is 0 Å². The van der Waals surface area contributed by atoms with Crippen molar-refractivity contribution in [1.29, 1.82) is 0 Å². The van der Waals surface area contributed by atoms with E-state index in [1.54, 1.807) is 0 Å². The molecular formula is C12H26O4S2. The van der Waals surface area contributed by atoms with Crippen molar-refractivity contribution in [1.82, 2.24) is 0 Å². The molecule has 0 aliphatic carbocycles. The summed E-state index contributed by atoms with van der Waals surface area (Å²) in [6, 6.07) is 0. The first-order chi connectivity index (χ1) is 8.52. The van der Waals surface area contributed by atoms with Gasteiger partial charge in [0.25, 0.3) is 0 Å². The van der Waals surface area contributed by atoms with Crippen LogP contribution in [-0.4, -0.2) is 45.5 Å². The van der Waals surface area contributed by atoms with E-state index in [9.17, 15) is 5.11 Å². The number of thiol groups is 2. The molecule has 0 aromatic rings. The van der Waals surface area contributed by atoms with Crippen molar-refractivity contribution in [2.75, 3.05) is 13.2 Å². The van der Waals surface area contributed by atoms with Crippen LogP contribution in [-0.2, 0) is 4.74 Å². The second-order valence-electron chi connectivity index (χ2n) is 4.47. The van der Waals surface area contributed by atoms with Crippen molar-refractivity contribution in [3.63, 3.8) is 0 Å². The maximum atomic E-state index is 9.56. The summed E-state index contributed by atoms with van der Waals surface area (Å²) in [6.45, 7) is 0.979. The summed E-state index contributed by atoms with van der Waals surface area (Å²) in [5, 5.41) is 27.4. The Bertz CT molecular complexity index is 179. The third-order valence-electron chi connectivity index (χ3n) is 2.56. The number of hydrogen-bond acceptors (Lipinski definition) is 6. The minimum absolute atomic E-state index is 0.345. The Hall–Kier alpha value is 0.540. The molecule has 0 bridgehead atoms. The van der Waals surface area contributed by atoms with Crippen LogP contribution < -0.4 is 0 Å². The first kappa shape index (κ1) is 18.5. The van der Waals surface area contributed by atoms with Crippen LogP contribution in [0.3, 0.4) is 0 Å². The SMILES string of the molecule is OC(S)CCCCCOCC(O)CCCC(O)S. The Morgan fingerprint density at radius 2 is 1.39 bits per heavy atom. The van der Waals surface area contributed by atoms with Gasteiger partial charge in [0.15, 0.2) is 0 Å². The molecule has 6 heteroatoms. The lowest BCUT2D eigenvalue weighted by Gasteiger charge is -2.11. The van der Waals surface area contributed by atoms with E-state index in [0.717, 1.165) is 25.7 Å². The van der Waals surface area contributed by atoms with E-state index in [4.69, 9.17) is 14.9 Å². The molecule has 0 fully saturated rings. The van der Waals surface area contributed by atoms with Crippen LogP contribution in [0.5, 0.6) is 0 Å². The van der Waals surface area contributed by atoms with Crippen LogP contribution in [0.1, 0.15) is 44.9 Å². The average Bonchev–Trinajstić information content (AvgIpc) is 2.26. The van der Waals surface area contributed by atoms with Gasteiger partial charge in [-0.3, -0.25) is 0 Å². The third kappa shape index (κ3) is 14.6. The van der Waals surface area contributed by atoms with Gasteiger partial charge in [-0.15, -0.1) is 25.3 Å². The average molecular weight is 298 g/mol. The summed E-state index contributed by atoms with van der Waals surface area (Å²) in [5.41, 5.74) is -1.12. The number of aliphatic hydroxyl groups excluding tert-OH is 3. The zero-order valence-electron chi connectivity index (χ0n) is 10.7. The van der Waals surface area contributed by atoms with Crippen LogP contribution in [0.25, 0.3) is 0 Å². The van der Waals surface area contributed by atoms with Crippen LogP contribution in [0.15, 0.2) is 0 Å². The first-order valence-electron chi connectivity index (χ1n) is 6.50. The Kier molecular flexibility index (Phi) is 12.9. The topological polar surface area (TPSA) is 69.9 Å². The second-order valence-corrected chi connectivity index (χ2v) is 5.66. The van der Waals surface area contributed by atoms with Crippen LogP contribution in [0, 0.1) is 0 Å². The molecule has 0 amide bonds. The zero-order valence-corrected chi connectivity index (χ0v) is 12.5. The molecule has 3 unspecified atom stereocenters. The molecule has 0 saturated carbocycles. The Morgan fingerprint density at radius 1 is 0.778 bits per heavy atom. The molecule has 0 heterocycles. The normalized spacial score (nSPS) is 16.5. The lowest BCUT2D eigenvalue weighted by molar-refractivity contribution is 0.0289. The standard InChI is InChI=1S/C12H26O4S2/c13-10(5-4-7-12(15)18)9-16-8-3-1-2-6-11(14)17/h10-15,17-18H,1-9H2. The maximum Gasteiger partial charge on any atom is 0.0964 e. The largest absolute Gasteiger partial charge is 0.391 e. The molecule has 3 N–H and O–H groups in total.